The maximum atomic E-state index is 12.4. The zero-order chi connectivity index (χ0) is 11.7. The highest BCUT2D eigenvalue weighted by atomic mass is 35.5. The van der Waals surface area contributed by atoms with E-state index in [1.807, 2.05) is 0 Å². The normalized spacial score (nSPS) is 27.4. The second-order valence-electron chi connectivity index (χ2n) is 6.24. The van der Waals surface area contributed by atoms with Gasteiger partial charge in [-0.25, -0.2) is 0 Å². The number of halogens is 1. The Balaban J connectivity index is 0.00000120. The molecule has 0 aromatic heterocycles. The van der Waals surface area contributed by atoms with Crippen LogP contribution in [-0.4, -0.2) is 37.0 Å². The Kier molecular flexibility index (Phi) is 4.54. The van der Waals surface area contributed by atoms with Gasteiger partial charge in [-0.3, -0.25) is 4.79 Å². The van der Waals surface area contributed by atoms with Crippen molar-refractivity contribution in [3.63, 3.8) is 0 Å². The molecule has 0 bridgehead atoms. The highest BCUT2D eigenvalue weighted by Crippen LogP contribution is 2.40. The molecule has 1 saturated carbocycles. The van der Waals surface area contributed by atoms with Crippen LogP contribution in [0.1, 0.15) is 44.9 Å². The minimum atomic E-state index is 0. The second kappa shape index (κ2) is 5.79. The number of nitrogens with one attached hydrogen (secondary N) is 1. The highest BCUT2D eigenvalue weighted by molar-refractivity contribution is 5.85. The van der Waals surface area contributed by atoms with Crippen LogP contribution in [0.2, 0.25) is 0 Å². The van der Waals surface area contributed by atoms with Gasteiger partial charge < -0.3 is 10.2 Å². The smallest absolute Gasteiger partial charge is 0.225 e. The Morgan fingerprint density at radius 3 is 2.44 bits per heavy atom. The predicted octanol–water partition coefficient (Wildman–Crippen LogP) is 2.20. The average molecular weight is 273 g/mol. The molecule has 3 nitrogen and oxygen atoms in total. The third-order valence-corrected chi connectivity index (χ3v) is 5.12. The first-order valence-corrected chi connectivity index (χ1v) is 7.29. The number of amides is 1. The highest BCUT2D eigenvalue weighted by Gasteiger charge is 2.41. The van der Waals surface area contributed by atoms with Crippen LogP contribution in [-0.2, 0) is 4.79 Å². The summed E-state index contributed by atoms with van der Waals surface area (Å²) in [5.41, 5.74) is 0.472. The summed E-state index contributed by atoms with van der Waals surface area (Å²) >= 11 is 0. The molecule has 0 unspecified atom stereocenters. The molecule has 1 aliphatic carbocycles. The number of piperidine rings is 1. The van der Waals surface area contributed by atoms with E-state index in [1.165, 1.54) is 32.1 Å². The van der Waals surface area contributed by atoms with Crippen LogP contribution in [0.15, 0.2) is 0 Å². The summed E-state index contributed by atoms with van der Waals surface area (Å²) in [6.45, 7) is 4.36. The average Bonchev–Trinajstić information content (AvgIpc) is 2.99. The number of likely N-dealkylation sites (tertiary alicyclic amines) is 1. The summed E-state index contributed by atoms with van der Waals surface area (Å²) in [4.78, 5) is 14.6. The molecule has 0 radical (unpaired) electrons. The Bertz CT molecular complexity index is 296. The topological polar surface area (TPSA) is 32.3 Å². The molecule has 1 spiro atoms. The van der Waals surface area contributed by atoms with Gasteiger partial charge in [0.15, 0.2) is 0 Å². The predicted molar refractivity (Wildman–Crippen MR) is 74.9 cm³/mol. The van der Waals surface area contributed by atoms with Gasteiger partial charge in [-0.15, -0.1) is 12.4 Å². The molecule has 1 amide bonds. The van der Waals surface area contributed by atoms with Crippen molar-refractivity contribution in [2.24, 2.45) is 11.3 Å². The first kappa shape index (κ1) is 14.1. The van der Waals surface area contributed by atoms with E-state index in [-0.39, 0.29) is 12.4 Å². The summed E-state index contributed by atoms with van der Waals surface area (Å²) in [5, 5.41) is 3.43. The molecule has 2 saturated heterocycles. The fourth-order valence-corrected chi connectivity index (χ4v) is 3.92. The van der Waals surface area contributed by atoms with Crippen LogP contribution >= 0.6 is 12.4 Å². The molecule has 3 rings (SSSR count). The molecule has 0 atom stereocenters. The van der Waals surface area contributed by atoms with Gasteiger partial charge >= 0.3 is 0 Å². The van der Waals surface area contributed by atoms with E-state index in [4.69, 9.17) is 0 Å². The first-order valence-electron chi connectivity index (χ1n) is 7.29. The lowest BCUT2D eigenvalue weighted by molar-refractivity contribution is -0.134. The lowest BCUT2D eigenvalue weighted by Gasteiger charge is -2.34. The minimum Gasteiger partial charge on any atom is -0.342 e. The summed E-state index contributed by atoms with van der Waals surface area (Å²) in [6.07, 6.45) is 8.59. The number of carbonyl (C=O) groups is 1. The van der Waals surface area contributed by atoms with Crippen molar-refractivity contribution in [3.05, 3.63) is 0 Å². The lowest BCUT2D eigenvalue weighted by atomic mass is 9.78. The van der Waals surface area contributed by atoms with Gasteiger partial charge in [-0.2, -0.15) is 0 Å². The molecule has 18 heavy (non-hydrogen) atoms. The van der Waals surface area contributed by atoms with Gasteiger partial charge in [-0.05, 0) is 50.6 Å². The third kappa shape index (κ3) is 2.67. The van der Waals surface area contributed by atoms with Crippen molar-refractivity contribution in [1.29, 1.82) is 0 Å². The number of rotatable bonds is 1. The van der Waals surface area contributed by atoms with Crippen LogP contribution in [0.25, 0.3) is 0 Å². The molecule has 0 aromatic carbocycles. The van der Waals surface area contributed by atoms with Gasteiger partial charge in [0.05, 0.1) is 0 Å². The van der Waals surface area contributed by atoms with Gasteiger partial charge in [0.1, 0.15) is 0 Å². The molecular weight excluding hydrogens is 248 g/mol. The Morgan fingerprint density at radius 1 is 1.11 bits per heavy atom. The standard InChI is InChI=1S/C14H24N2O.ClH/c17-13(12-3-1-2-4-12)16-10-7-14(11-16)5-8-15-9-6-14;/h12,15H,1-11H2;1H. The van der Waals surface area contributed by atoms with E-state index in [0.29, 0.717) is 17.2 Å². The Morgan fingerprint density at radius 2 is 1.78 bits per heavy atom. The fraction of sp³-hybridized carbons (Fsp3) is 0.929. The summed E-state index contributed by atoms with van der Waals surface area (Å²) < 4.78 is 0. The van der Waals surface area contributed by atoms with Crippen molar-refractivity contribution in [1.82, 2.24) is 10.2 Å². The molecule has 2 aliphatic heterocycles. The zero-order valence-electron chi connectivity index (χ0n) is 11.1. The Hall–Kier alpha value is -0.280. The first-order chi connectivity index (χ1) is 8.29. The summed E-state index contributed by atoms with van der Waals surface area (Å²) in [5.74, 6) is 0.838. The molecule has 3 aliphatic rings. The number of carbonyl (C=O) groups excluding carboxylic acids is 1. The van der Waals surface area contributed by atoms with Crippen LogP contribution < -0.4 is 5.32 Å². The SMILES string of the molecule is Cl.O=C(C1CCCC1)N1CCC2(CCNCC2)C1. The molecule has 104 valence electrons. The van der Waals surface area contributed by atoms with Gasteiger partial charge in [0, 0.05) is 19.0 Å². The fourth-order valence-electron chi connectivity index (χ4n) is 3.92. The molecule has 1 N–H and O–H groups in total. The van der Waals surface area contributed by atoms with Crippen LogP contribution in [0.5, 0.6) is 0 Å². The second-order valence-corrected chi connectivity index (χ2v) is 6.24. The minimum absolute atomic E-state index is 0. The van der Waals surface area contributed by atoms with Gasteiger partial charge in [-0.1, -0.05) is 12.8 Å². The number of nitrogens with zero attached hydrogens (tertiary/aromatic N) is 1. The number of hydrogen-bond donors (Lipinski definition) is 1. The van der Waals surface area contributed by atoms with E-state index in [2.05, 4.69) is 10.2 Å². The van der Waals surface area contributed by atoms with E-state index >= 15 is 0 Å². The monoisotopic (exact) mass is 272 g/mol. The van der Waals surface area contributed by atoms with Gasteiger partial charge in [0.2, 0.25) is 5.91 Å². The van der Waals surface area contributed by atoms with Crippen LogP contribution in [0.4, 0.5) is 0 Å². The molecule has 3 fully saturated rings. The van der Waals surface area contributed by atoms with E-state index < -0.39 is 0 Å². The Labute approximate surface area is 116 Å². The van der Waals surface area contributed by atoms with Crippen molar-refractivity contribution in [3.8, 4) is 0 Å². The maximum absolute atomic E-state index is 12.4. The van der Waals surface area contributed by atoms with Crippen LogP contribution in [0.3, 0.4) is 0 Å². The number of hydrogen-bond acceptors (Lipinski definition) is 2. The lowest BCUT2D eigenvalue weighted by Crippen LogP contribution is -2.40. The van der Waals surface area contributed by atoms with E-state index in [0.717, 1.165) is 39.0 Å². The van der Waals surface area contributed by atoms with E-state index in [9.17, 15) is 4.79 Å². The molecule has 0 aromatic rings. The molecular formula is C14H25ClN2O. The van der Waals surface area contributed by atoms with Crippen molar-refractivity contribution in [2.45, 2.75) is 44.9 Å². The largest absolute Gasteiger partial charge is 0.342 e. The van der Waals surface area contributed by atoms with Crippen molar-refractivity contribution >= 4 is 18.3 Å². The zero-order valence-corrected chi connectivity index (χ0v) is 11.9. The maximum Gasteiger partial charge on any atom is 0.225 e. The molecule has 2 heterocycles. The summed E-state index contributed by atoms with van der Waals surface area (Å²) in [7, 11) is 0. The van der Waals surface area contributed by atoms with Crippen LogP contribution in [0, 0.1) is 11.3 Å². The molecule has 4 heteroatoms. The summed E-state index contributed by atoms with van der Waals surface area (Å²) in [6, 6.07) is 0. The quantitative estimate of drug-likeness (QED) is 0.794. The third-order valence-electron chi connectivity index (χ3n) is 5.12. The van der Waals surface area contributed by atoms with Crippen molar-refractivity contribution in [2.75, 3.05) is 26.2 Å². The van der Waals surface area contributed by atoms with Crippen molar-refractivity contribution < 1.29 is 4.79 Å². The van der Waals surface area contributed by atoms with Gasteiger partial charge in [0.25, 0.3) is 0 Å². The van der Waals surface area contributed by atoms with E-state index in [1.54, 1.807) is 0 Å².